The van der Waals surface area contributed by atoms with Crippen LogP contribution in [-0.2, 0) is 4.79 Å². The number of aldehydes is 1. The van der Waals surface area contributed by atoms with Crippen LogP contribution in [0.15, 0.2) is 42.9 Å². The average Bonchev–Trinajstić information content (AvgIpc) is 3.12. The quantitative estimate of drug-likeness (QED) is 0.686. The van der Waals surface area contributed by atoms with E-state index in [9.17, 15) is 9.90 Å². The van der Waals surface area contributed by atoms with Crippen LogP contribution in [0.3, 0.4) is 0 Å². The Balaban J connectivity index is 1.61. The van der Waals surface area contributed by atoms with Gasteiger partial charge in [-0.2, -0.15) is 0 Å². The van der Waals surface area contributed by atoms with E-state index >= 15 is 0 Å². The average molecular weight is 350 g/mol. The van der Waals surface area contributed by atoms with E-state index < -0.39 is 6.10 Å². The van der Waals surface area contributed by atoms with Crippen LogP contribution in [0.25, 0.3) is 16.7 Å². The lowest BCUT2D eigenvalue weighted by molar-refractivity contribution is -0.424. The molecule has 0 aliphatic carbocycles. The van der Waals surface area contributed by atoms with Crippen molar-refractivity contribution in [2.45, 2.75) is 12.5 Å². The molecule has 1 N–H and O–H groups in total. The van der Waals surface area contributed by atoms with Gasteiger partial charge in [-0.05, 0) is 18.6 Å². The fraction of sp³-hybridized carbons (Fsp3) is 0.316. The number of aromatic nitrogens is 3. The minimum Gasteiger partial charge on any atom is -0.848 e. The number of hydrogen-bond donors (Lipinski definition) is 1. The molecule has 3 heterocycles. The Hall–Kier alpha value is -2.77. The van der Waals surface area contributed by atoms with Gasteiger partial charge < -0.3 is 20.1 Å². The first-order valence-corrected chi connectivity index (χ1v) is 8.75. The molecule has 1 fully saturated rings. The molecule has 1 atom stereocenters. The highest BCUT2D eigenvalue weighted by molar-refractivity contribution is 5.82. The molecule has 1 aromatic carbocycles. The van der Waals surface area contributed by atoms with Gasteiger partial charge in [0.05, 0.1) is 17.9 Å². The van der Waals surface area contributed by atoms with Gasteiger partial charge in [0.2, 0.25) is 0 Å². The van der Waals surface area contributed by atoms with Gasteiger partial charge in [0, 0.05) is 37.8 Å². The lowest BCUT2D eigenvalue weighted by Gasteiger charge is -2.28. The lowest BCUT2D eigenvalue weighted by atomic mass is 10.1. The molecule has 2 aromatic heterocycles. The maximum absolute atomic E-state index is 12.0. The van der Waals surface area contributed by atoms with Crippen LogP contribution < -0.4 is 15.3 Å². The van der Waals surface area contributed by atoms with Crippen molar-refractivity contribution in [3.63, 3.8) is 0 Å². The van der Waals surface area contributed by atoms with E-state index in [1.165, 1.54) is 0 Å². The summed E-state index contributed by atoms with van der Waals surface area (Å²) in [5.41, 5.74) is 1.58. The number of carbonyl (C=O) groups excluding carboxylic acids is 1. The Bertz CT molecular complexity index is 900. The normalized spacial score (nSPS) is 16.0. The van der Waals surface area contributed by atoms with Gasteiger partial charge in [0.15, 0.2) is 5.82 Å². The smallest absolute Gasteiger partial charge is 0.155 e. The van der Waals surface area contributed by atoms with Crippen LogP contribution in [0.2, 0.25) is 0 Å². The fourth-order valence-electron chi connectivity index (χ4n) is 3.28. The third-order valence-electron chi connectivity index (χ3n) is 4.71. The zero-order valence-electron chi connectivity index (χ0n) is 14.3. The van der Waals surface area contributed by atoms with E-state index in [0.29, 0.717) is 11.8 Å². The maximum Gasteiger partial charge on any atom is 0.155 e. The van der Waals surface area contributed by atoms with E-state index in [1.54, 1.807) is 18.5 Å². The predicted octanol–water partition coefficient (Wildman–Crippen LogP) is 0.820. The monoisotopic (exact) mass is 350 g/mol. The van der Waals surface area contributed by atoms with E-state index in [0.717, 1.165) is 48.7 Å². The molecule has 26 heavy (non-hydrogen) atoms. The van der Waals surface area contributed by atoms with E-state index in [4.69, 9.17) is 0 Å². The maximum atomic E-state index is 12.0. The summed E-state index contributed by atoms with van der Waals surface area (Å²) in [5, 5.41) is 16.2. The Kier molecular flexibility index (Phi) is 4.64. The molecule has 0 bridgehead atoms. The van der Waals surface area contributed by atoms with Crippen LogP contribution in [0, 0.1) is 0 Å². The zero-order chi connectivity index (χ0) is 17.9. The molecule has 0 radical (unpaired) electrons. The summed E-state index contributed by atoms with van der Waals surface area (Å²) >= 11 is 0. The highest BCUT2D eigenvalue weighted by Gasteiger charge is 2.13. The van der Waals surface area contributed by atoms with Crippen molar-refractivity contribution in [2.24, 2.45) is 0 Å². The summed E-state index contributed by atoms with van der Waals surface area (Å²) in [5.74, 6) is 1.62. The van der Waals surface area contributed by atoms with Gasteiger partial charge in [0.25, 0.3) is 0 Å². The van der Waals surface area contributed by atoms with Gasteiger partial charge in [-0.1, -0.05) is 23.8 Å². The zero-order valence-corrected chi connectivity index (χ0v) is 14.3. The van der Waals surface area contributed by atoms with Crippen LogP contribution in [0.5, 0.6) is 0 Å². The van der Waals surface area contributed by atoms with Crippen molar-refractivity contribution >= 4 is 23.0 Å². The minimum atomic E-state index is -1.02. The number of nitrogens with zero attached hydrogens (tertiary/aromatic N) is 4. The Morgan fingerprint density at radius 1 is 1.15 bits per heavy atom. The van der Waals surface area contributed by atoms with Crippen molar-refractivity contribution in [1.82, 2.24) is 19.9 Å². The number of rotatable bonds is 5. The molecule has 1 saturated heterocycles. The summed E-state index contributed by atoms with van der Waals surface area (Å²) in [6.07, 6.45) is 5.14. The summed E-state index contributed by atoms with van der Waals surface area (Å²) in [7, 11) is 0. The largest absolute Gasteiger partial charge is 0.848 e. The third-order valence-corrected chi connectivity index (χ3v) is 4.71. The number of hydrogen-bond acceptors (Lipinski definition) is 6. The van der Waals surface area contributed by atoms with E-state index in [-0.39, 0.29) is 6.42 Å². The highest BCUT2D eigenvalue weighted by Crippen LogP contribution is 2.24. The molecule has 134 valence electrons. The molecule has 0 saturated carbocycles. The molecule has 3 aromatic rings. The van der Waals surface area contributed by atoms with E-state index in [1.807, 2.05) is 29.0 Å². The second kappa shape index (κ2) is 7.23. The Morgan fingerprint density at radius 3 is 2.65 bits per heavy atom. The molecule has 0 amide bonds. The molecule has 1 unspecified atom stereocenters. The first kappa shape index (κ1) is 16.7. The number of piperazine rings is 1. The summed E-state index contributed by atoms with van der Waals surface area (Å²) in [4.78, 5) is 21.9. The second-order valence-electron chi connectivity index (χ2n) is 6.36. The molecular formula is C19H20N5O2-. The molecule has 4 rings (SSSR count). The number of anilines is 1. The fourth-order valence-corrected chi connectivity index (χ4v) is 3.28. The van der Waals surface area contributed by atoms with Gasteiger partial charge in [-0.3, -0.25) is 4.57 Å². The molecule has 1 aliphatic rings. The summed E-state index contributed by atoms with van der Waals surface area (Å²) in [6, 6.07) is 7.46. The number of benzene rings is 1. The van der Waals surface area contributed by atoms with Crippen LogP contribution in [-0.4, -0.2) is 47.0 Å². The predicted molar refractivity (Wildman–Crippen MR) is 97.4 cm³/mol. The van der Waals surface area contributed by atoms with Gasteiger partial charge in [0.1, 0.15) is 12.1 Å². The van der Waals surface area contributed by atoms with Crippen LogP contribution in [0.4, 0.5) is 5.82 Å². The lowest BCUT2D eigenvalue weighted by Crippen LogP contribution is -2.43. The topological polar surface area (TPSA) is 86.1 Å². The third kappa shape index (κ3) is 3.18. The second-order valence-corrected chi connectivity index (χ2v) is 6.36. The molecule has 1 aliphatic heterocycles. The molecule has 7 heteroatoms. The van der Waals surface area contributed by atoms with Crippen molar-refractivity contribution in [3.05, 3.63) is 48.4 Å². The number of nitrogens with one attached hydrogen (secondary N) is 1. The van der Waals surface area contributed by atoms with Gasteiger partial charge in [-0.15, -0.1) is 0 Å². The van der Waals surface area contributed by atoms with Crippen LogP contribution in [0.1, 0.15) is 18.1 Å². The van der Waals surface area contributed by atoms with Gasteiger partial charge >= 0.3 is 0 Å². The van der Waals surface area contributed by atoms with Crippen molar-refractivity contribution in [3.8, 4) is 5.82 Å². The molecule has 7 nitrogen and oxygen atoms in total. The summed E-state index contributed by atoms with van der Waals surface area (Å²) in [6.45, 7) is 3.78. The van der Waals surface area contributed by atoms with Crippen molar-refractivity contribution in [2.75, 3.05) is 31.1 Å². The van der Waals surface area contributed by atoms with E-state index in [2.05, 4.69) is 20.2 Å². The van der Waals surface area contributed by atoms with Crippen molar-refractivity contribution in [1.29, 1.82) is 0 Å². The molecule has 0 spiro atoms. The molecular weight excluding hydrogens is 330 g/mol. The number of carbonyl (C=O) groups is 1. The first-order valence-electron chi connectivity index (χ1n) is 8.75. The van der Waals surface area contributed by atoms with Crippen molar-refractivity contribution < 1.29 is 9.90 Å². The highest BCUT2D eigenvalue weighted by atomic mass is 16.3. The minimum absolute atomic E-state index is 0.00876. The SMILES string of the molecule is O=CCC([O-])c1ccc2c(ccn2-c2cnc(N3CCNCC3)cn2)c1. The van der Waals surface area contributed by atoms with Crippen LogP contribution >= 0.6 is 0 Å². The Morgan fingerprint density at radius 2 is 1.92 bits per heavy atom. The Labute approximate surface area is 151 Å². The number of fused-ring (bicyclic) bond motifs is 1. The summed E-state index contributed by atoms with van der Waals surface area (Å²) < 4.78 is 1.95. The van der Waals surface area contributed by atoms with Gasteiger partial charge in [-0.25, -0.2) is 9.97 Å². The standard InChI is InChI=1S/C19H20N5O2/c25-10-4-17(26)15-1-2-16-14(11-15)3-7-24(16)19-13-21-18(12-22-19)23-8-5-20-6-9-23/h1-3,7,10-13,17,20H,4-6,8-9H2/q-1. The first-order chi connectivity index (χ1) is 12.8.